The number of fused-ring (bicyclic) bond motifs is 3. The van der Waals surface area contributed by atoms with Crippen molar-refractivity contribution in [3.8, 4) is 34.3 Å². The molecule has 3 aromatic rings. The predicted octanol–water partition coefficient (Wildman–Crippen LogP) is 4.67. The quantitative estimate of drug-likeness (QED) is 0.641. The second-order valence-corrected chi connectivity index (χ2v) is 7.25. The Balaban J connectivity index is 1.99. The Hall–Kier alpha value is -3.41. The highest BCUT2D eigenvalue weighted by Gasteiger charge is 2.25. The molecule has 29 heavy (non-hydrogen) atoms. The normalized spacial score (nSPS) is 14.2. The first-order valence-electron chi connectivity index (χ1n) is 9.17. The van der Waals surface area contributed by atoms with Crippen LogP contribution in [0.15, 0.2) is 45.6 Å². The van der Waals surface area contributed by atoms with Gasteiger partial charge in [-0.3, -0.25) is 4.79 Å². The average molecular weight is 394 g/mol. The van der Waals surface area contributed by atoms with Gasteiger partial charge in [0, 0.05) is 6.07 Å². The van der Waals surface area contributed by atoms with E-state index < -0.39 is 5.60 Å². The molecule has 0 bridgehead atoms. The van der Waals surface area contributed by atoms with Crippen molar-refractivity contribution < 1.29 is 23.4 Å². The lowest BCUT2D eigenvalue weighted by atomic mass is 10.00. The van der Waals surface area contributed by atoms with Gasteiger partial charge in [0.15, 0.2) is 16.9 Å². The highest BCUT2D eigenvalue weighted by atomic mass is 16.5. The SMILES string of the molecule is COc1ccc(-c2cc(=O)c3ccc4c(c3o2)C=CC(C)(C)O4)c(OC)c1OC. The summed E-state index contributed by atoms with van der Waals surface area (Å²) in [6, 6.07) is 8.50. The molecule has 2 heterocycles. The number of hydrogen-bond donors (Lipinski definition) is 0. The molecule has 6 heteroatoms. The maximum Gasteiger partial charge on any atom is 0.204 e. The van der Waals surface area contributed by atoms with Crippen LogP contribution in [-0.2, 0) is 0 Å². The Morgan fingerprint density at radius 3 is 2.38 bits per heavy atom. The van der Waals surface area contributed by atoms with Crippen LogP contribution in [0, 0.1) is 0 Å². The monoisotopic (exact) mass is 394 g/mol. The lowest BCUT2D eigenvalue weighted by Gasteiger charge is -2.28. The highest BCUT2D eigenvalue weighted by Crippen LogP contribution is 2.45. The van der Waals surface area contributed by atoms with Crippen molar-refractivity contribution in [3.05, 3.63) is 52.2 Å². The van der Waals surface area contributed by atoms with Gasteiger partial charge in [0.1, 0.15) is 22.7 Å². The molecule has 0 spiro atoms. The van der Waals surface area contributed by atoms with Crippen molar-refractivity contribution in [3.63, 3.8) is 0 Å². The fraction of sp³-hybridized carbons (Fsp3) is 0.261. The van der Waals surface area contributed by atoms with E-state index in [1.807, 2.05) is 26.0 Å². The molecule has 0 saturated carbocycles. The number of methoxy groups -OCH3 is 3. The van der Waals surface area contributed by atoms with Gasteiger partial charge in [-0.25, -0.2) is 0 Å². The second kappa shape index (κ2) is 6.88. The molecular weight excluding hydrogens is 372 g/mol. The van der Waals surface area contributed by atoms with Gasteiger partial charge in [-0.15, -0.1) is 0 Å². The first-order valence-corrected chi connectivity index (χ1v) is 9.17. The van der Waals surface area contributed by atoms with E-state index in [4.69, 9.17) is 23.4 Å². The Labute approximate surface area is 168 Å². The fourth-order valence-electron chi connectivity index (χ4n) is 3.50. The molecule has 0 N–H and O–H groups in total. The van der Waals surface area contributed by atoms with Crippen LogP contribution in [0.3, 0.4) is 0 Å². The van der Waals surface area contributed by atoms with Gasteiger partial charge in [-0.1, -0.05) is 0 Å². The largest absolute Gasteiger partial charge is 0.493 e. The van der Waals surface area contributed by atoms with Crippen LogP contribution in [0.25, 0.3) is 28.4 Å². The Morgan fingerprint density at radius 1 is 0.931 bits per heavy atom. The van der Waals surface area contributed by atoms with Crippen molar-refractivity contribution in [2.24, 2.45) is 0 Å². The van der Waals surface area contributed by atoms with Crippen LogP contribution in [0.2, 0.25) is 0 Å². The maximum atomic E-state index is 12.8. The molecule has 0 amide bonds. The van der Waals surface area contributed by atoms with Gasteiger partial charge < -0.3 is 23.4 Å². The Kier molecular flexibility index (Phi) is 4.49. The molecule has 0 aliphatic carbocycles. The van der Waals surface area contributed by atoms with Crippen LogP contribution >= 0.6 is 0 Å². The minimum atomic E-state index is -0.425. The number of hydrogen-bond acceptors (Lipinski definition) is 6. The van der Waals surface area contributed by atoms with E-state index in [2.05, 4.69) is 0 Å². The predicted molar refractivity (Wildman–Crippen MR) is 111 cm³/mol. The van der Waals surface area contributed by atoms with E-state index >= 15 is 0 Å². The molecule has 0 fully saturated rings. The standard InChI is InChI=1S/C23H22O6/c1-23(2)11-10-15-17(29-23)8-6-13-16(24)12-19(28-20(13)15)14-7-9-18(25-3)22(27-5)21(14)26-4/h6-12H,1-5H3. The fourth-order valence-corrected chi connectivity index (χ4v) is 3.50. The summed E-state index contributed by atoms with van der Waals surface area (Å²) in [7, 11) is 4.61. The third kappa shape index (κ3) is 3.10. The summed E-state index contributed by atoms with van der Waals surface area (Å²) in [5.41, 5.74) is 1.21. The summed E-state index contributed by atoms with van der Waals surface area (Å²) < 4.78 is 28.6. The Morgan fingerprint density at radius 2 is 1.69 bits per heavy atom. The summed E-state index contributed by atoms with van der Waals surface area (Å²) in [5.74, 6) is 2.41. The van der Waals surface area contributed by atoms with E-state index in [9.17, 15) is 4.79 Å². The van der Waals surface area contributed by atoms with Gasteiger partial charge in [-0.05, 0) is 50.3 Å². The summed E-state index contributed by atoms with van der Waals surface area (Å²) in [5, 5.41) is 0.486. The molecule has 0 unspecified atom stereocenters. The van der Waals surface area contributed by atoms with Gasteiger partial charge in [0.25, 0.3) is 0 Å². The molecule has 0 atom stereocenters. The van der Waals surface area contributed by atoms with Crippen LogP contribution in [0.1, 0.15) is 19.4 Å². The van der Waals surface area contributed by atoms with E-state index in [1.54, 1.807) is 31.4 Å². The van der Waals surface area contributed by atoms with E-state index in [-0.39, 0.29) is 5.43 Å². The zero-order valence-electron chi connectivity index (χ0n) is 17.0. The number of rotatable bonds is 4. The molecule has 1 aliphatic heterocycles. The average Bonchev–Trinajstić information content (AvgIpc) is 2.71. The van der Waals surface area contributed by atoms with Crippen molar-refractivity contribution in [1.82, 2.24) is 0 Å². The lowest BCUT2D eigenvalue weighted by Crippen LogP contribution is -2.27. The summed E-state index contributed by atoms with van der Waals surface area (Å²) in [6.45, 7) is 3.94. The summed E-state index contributed by atoms with van der Waals surface area (Å²) >= 11 is 0. The lowest BCUT2D eigenvalue weighted by molar-refractivity contribution is 0.159. The molecule has 1 aliphatic rings. The molecule has 2 aromatic carbocycles. The summed E-state index contributed by atoms with van der Waals surface area (Å²) in [6.07, 6.45) is 3.87. The topological polar surface area (TPSA) is 67.1 Å². The van der Waals surface area contributed by atoms with Crippen molar-refractivity contribution in [2.75, 3.05) is 21.3 Å². The molecule has 1 aromatic heterocycles. The Bertz CT molecular complexity index is 1190. The summed E-state index contributed by atoms with van der Waals surface area (Å²) in [4.78, 5) is 12.8. The molecule has 0 radical (unpaired) electrons. The van der Waals surface area contributed by atoms with E-state index in [1.165, 1.54) is 20.3 Å². The van der Waals surface area contributed by atoms with Crippen LogP contribution in [0.5, 0.6) is 23.0 Å². The van der Waals surface area contributed by atoms with Gasteiger partial charge >= 0.3 is 0 Å². The zero-order valence-corrected chi connectivity index (χ0v) is 17.0. The third-order valence-corrected chi connectivity index (χ3v) is 4.89. The third-order valence-electron chi connectivity index (χ3n) is 4.89. The van der Waals surface area contributed by atoms with Crippen molar-refractivity contribution in [1.29, 1.82) is 0 Å². The van der Waals surface area contributed by atoms with Gasteiger partial charge in [-0.2, -0.15) is 0 Å². The number of benzene rings is 2. The zero-order chi connectivity index (χ0) is 20.8. The molecule has 150 valence electrons. The number of ether oxygens (including phenoxy) is 4. The molecule has 4 rings (SSSR count). The second-order valence-electron chi connectivity index (χ2n) is 7.25. The first kappa shape index (κ1) is 18.9. The van der Waals surface area contributed by atoms with E-state index in [0.29, 0.717) is 45.3 Å². The van der Waals surface area contributed by atoms with E-state index in [0.717, 1.165) is 5.56 Å². The molecule has 0 saturated heterocycles. The first-order chi connectivity index (χ1) is 13.9. The minimum absolute atomic E-state index is 0.154. The van der Waals surface area contributed by atoms with Crippen molar-refractivity contribution in [2.45, 2.75) is 19.4 Å². The van der Waals surface area contributed by atoms with Gasteiger partial charge in [0.05, 0.1) is 37.8 Å². The molecular formula is C23H22O6. The van der Waals surface area contributed by atoms with Gasteiger partial charge in [0.2, 0.25) is 5.75 Å². The van der Waals surface area contributed by atoms with Crippen LogP contribution in [-0.4, -0.2) is 26.9 Å². The van der Waals surface area contributed by atoms with Crippen LogP contribution in [0.4, 0.5) is 0 Å². The molecule has 6 nitrogen and oxygen atoms in total. The maximum absolute atomic E-state index is 12.8. The van der Waals surface area contributed by atoms with Crippen LogP contribution < -0.4 is 24.4 Å². The van der Waals surface area contributed by atoms with Crippen molar-refractivity contribution >= 4 is 17.0 Å². The minimum Gasteiger partial charge on any atom is -0.493 e. The highest BCUT2D eigenvalue weighted by molar-refractivity contribution is 5.90. The smallest absolute Gasteiger partial charge is 0.204 e.